The number of hydrogen-bond acceptors (Lipinski definition) is 3. The molecular weight excluding hydrogens is 330 g/mol. The highest BCUT2D eigenvalue weighted by atomic mass is 32.2. The van der Waals surface area contributed by atoms with Crippen LogP contribution in [-0.2, 0) is 10.3 Å². The number of nitrogens with zero attached hydrogens (tertiary/aromatic N) is 1. The first-order valence-corrected chi connectivity index (χ1v) is 9.72. The van der Waals surface area contributed by atoms with Crippen LogP contribution >= 0.6 is 11.8 Å². The van der Waals surface area contributed by atoms with Crippen LogP contribution in [0.1, 0.15) is 18.4 Å². The molecule has 1 saturated heterocycles. The molecule has 1 aliphatic heterocycles. The molecule has 1 heterocycles. The molecule has 1 aliphatic rings. The zero-order chi connectivity index (χ0) is 16.7. The molecule has 2 aromatic carbocycles. The molecule has 6 heteroatoms. The fourth-order valence-corrected chi connectivity index (χ4v) is 4.64. The largest absolute Gasteiger partial charge is 0.336 e. The average Bonchev–Trinajstić information content (AvgIpc) is 2.98. The van der Waals surface area contributed by atoms with Gasteiger partial charge in [-0.1, -0.05) is 54.1 Å². The van der Waals surface area contributed by atoms with E-state index < -0.39 is 10.3 Å². The molecule has 4 nitrogen and oxygen atoms in total. The second-order valence-electron chi connectivity index (χ2n) is 5.27. The van der Waals surface area contributed by atoms with Crippen molar-refractivity contribution in [3.8, 4) is 0 Å². The molecule has 1 atom stereocenters. The van der Waals surface area contributed by atoms with Gasteiger partial charge in [0.25, 0.3) is 0 Å². The Morgan fingerprint density at radius 1 is 1.04 bits per heavy atom. The van der Waals surface area contributed by atoms with E-state index in [1.807, 2.05) is 48.5 Å². The third-order valence-electron chi connectivity index (χ3n) is 3.40. The van der Waals surface area contributed by atoms with Crippen molar-refractivity contribution in [2.45, 2.75) is 30.0 Å². The lowest BCUT2D eigenvalue weighted by Crippen LogP contribution is -2.32. The molecule has 1 N–H and O–H groups in total. The SMILES string of the molecule is Cc1ccccc1.O=S(=O)(O)N1CCCC1Sc1ccccc1. The van der Waals surface area contributed by atoms with Crippen LogP contribution in [0, 0.1) is 6.92 Å². The molecular formula is C17H21NO3S2. The van der Waals surface area contributed by atoms with E-state index in [1.54, 1.807) is 0 Å². The van der Waals surface area contributed by atoms with Crippen molar-refractivity contribution < 1.29 is 13.0 Å². The zero-order valence-corrected chi connectivity index (χ0v) is 14.6. The topological polar surface area (TPSA) is 57.6 Å². The summed E-state index contributed by atoms with van der Waals surface area (Å²) in [7, 11) is -4.06. The minimum Gasteiger partial charge on any atom is -0.273 e. The summed E-state index contributed by atoms with van der Waals surface area (Å²) in [6.45, 7) is 2.49. The molecule has 2 aromatic rings. The van der Waals surface area contributed by atoms with Gasteiger partial charge < -0.3 is 0 Å². The molecule has 1 unspecified atom stereocenters. The Balaban J connectivity index is 0.000000229. The first-order chi connectivity index (χ1) is 11.0. The van der Waals surface area contributed by atoms with Crippen LogP contribution in [-0.4, -0.2) is 29.2 Å². The van der Waals surface area contributed by atoms with E-state index in [2.05, 4.69) is 19.1 Å². The van der Waals surface area contributed by atoms with E-state index in [9.17, 15) is 8.42 Å². The second kappa shape index (κ2) is 8.49. The predicted molar refractivity (Wildman–Crippen MR) is 94.8 cm³/mol. The van der Waals surface area contributed by atoms with Gasteiger partial charge in [0.05, 0.1) is 5.37 Å². The maximum Gasteiger partial charge on any atom is 0.336 e. The van der Waals surface area contributed by atoms with Gasteiger partial charge in [-0.2, -0.15) is 12.7 Å². The van der Waals surface area contributed by atoms with E-state index in [-0.39, 0.29) is 5.37 Å². The monoisotopic (exact) mass is 351 g/mol. The van der Waals surface area contributed by atoms with Gasteiger partial charge >= 0.3 is 10.3 Å². The molecule has 3 rings (SSSR count). The van der Waals surface area contributed by atoms with Crippen molar-refractivity contribution in [2.75, 3.05) is 6.54 Å². The van der Waals surface area contributed by atoms with Crippen LogP contribution < -0.4 is 0 Å². The predicted octanol–water partition coefficient (Wildman–Crippen LogP) is 4.00. The highest BCUT2D eigenvalue weighted by Gasteiger charge is 2.33. The van der Waals surface area contributed by atoms with Crippen LogP contribution in [0.15, 0.2) is 65.6 Å². The Morgan fingerprint density at radius 3 is 2.09 bits per heavy atom. The van der Waals surface area contributed by atoms with E-state index >= 15 is 0 Å². The Hall–Kier alpha value is -1.34. The van der Waals surface area contributed by atoms with E-state index in [0.717, 1.165) is 22.0 Å². The molecule has 0 aliphatic carbocycles. The second-order valence-corrected chi connectivity index (χ2v) is 7.89. The molecule has 0 bridgehead atoms. The minimum absolute atomic E-state index is 0.183. The average molecular weight is 351 g/mol. The van der Waals surface area contributed by atoms with E-state index in [1.165, 1.54) is 17.3 Å². The van der Waals surface area contributed by atoms with Crippen LogP contribution in [0.4, 0.5) is 0 Å². The third kappa shape index (κ3) is 5.99. The Kier molecular flexibility index (Phi) is 6.65. The van der Waals surface area contributed by atoms with Gasteiger partial charge in [-0.15, -0.1) is 11.8 Å². The summed E-state index contributed by atoms with van der Waals surface area (Å²) >= 11 is 1.47. The summed E-state index contributed by atoms with van der Waals surface area (Å²) in [6, 6.07) is 19.9. The molecule has 124 valence electrons. The fourth-order valence-electron chi connectivity index (χ4n) is 2.28. The van der Waals surface area contributed by atoms with Gasteiger partial charge in [-0.3, -0.25) is 4.55 Å². The van der Waals surface area contributed by atoms with Crippen molar-refractivity contribution in [1.29, 1.82) is 0 Å². The van der Waals surface area contributed by atoms with Crippen LogP contribution in [0.5, 0.6) is 0 Å². The summed E-state index contributed by atoms with van der Waals surface area (Å²) in [5.74, 6) is 0. The van der Waals surface area contributed by atoms with E-state index in [0.29, 0.717) is 6.54 Å². The summed E-state index contributed by atoms with van der Waals surface area (Å²) in [4.78, 5) is 1.02. The molecule has 0 radical (unpaired) electrons. The van der Waals surface area contributed by atoms with Crippen molar-refractivity contribution in [1.82, 2.24) is 4.31 Å². The van der Waals surface area contributed by atoms with Gasteiger partial charge in [0.2, 0.25) is 0 Å². The summed E-state index contributed by atoms with van der Waals surface area (Å²) in [5, 5.41) is -0.183. The lowest BCUT2D eigenvalue weighted by molar-refractivity contribution is 0.379. The van der Waals surface area contributed by atoms with Crippen molar-refractivity contribution in [3.05, 3.63) is 66.2 Å². The summed E-state index contributed by atoms with van der Waals surface area (Å²) < 4.78 is 32.4. The molecule has 23 heavy (non-hydrogen) atoms. The molecule has 0 saturated carbocycles. The molecule has 1 fully saturated rings. The smallest absolute Gasteiger partial charge is 0.273 e. The highest BCUT2D eigenvalue weighted by molar-refractivity contribution is 8.00. The number of benzene rings is 2. The van der Waals surface area contributed by atoms with Gasteiger partial charge in [0.15, 0.2) is 0 Å². The van der Waals surface area contributed by atoms with Crippen LogP contribution in [0.3, 0.4) is 0 Å². The Morgan fingerprint density at radius 2 is 1.61 bits per heavy atom. The van der Waals surface area contributed by atoms with Crippen molar-refractivity contribution in [3.63, 3.8) is 0 Å². The molecule has 0 amide bonds. The van der Waals surface area contributed by atoms with Crippen LogP contribution in [0.2, 0.25) is 0 Å². The van der Waals surface area contributed by atoms with Crippen molar-refractivity contribution in [2.24, 2.45) is 0 Å². The third-order valence-corrected chi connectivity index (χ3v) is 5.87. The number of thioether (sulfide) groups is 1. The van der Waals surface area contributed by atoms with Gasteiger partial charge in [0.1, 0.15) is 0 Å². The van der Waals surface area contributed by atoms with Gasteiger partial charge in [0, 0.05) is 11.4 Å². The lowest BCUT2D eigenvalue weighted by Gasteiger charge is -2.19. The lowest BCUT2D eigenvalue weighted by atomic mass is 10.2. The number of rotatable bonds is 3. The first-order valence-electron chi connectivity index (χ1n) is 7.44. The summed E-state index contributed by atoms with van der Waals surface area (Å²) in [6.07, 6.45) is 1.57. The van der Waals surface area contributed by atoms with E-state index in [4.69, 9.17) is 4.55 Å². The summed E-state index contributed by atoms with van der Waals surface area (Å²) in [5.41, 5.74) is 1.32. The minimum atomic E-state index is -4.06. The number of aryl methyl sites for hydroxylation is 1. The molecule has 0 spiro atoms. The first kappa shape index (κ1) is 18.0. The normalized spacial score (nSPS) is 18.3. The fraction of sp³-hybridized carbons (Fsp3) is 0.294. The van der Waals surface area contributed by atoms with Gasteiger partial charge in [-0.05, 0) is 31.9 Å². The maximum absolute atomic E-state index is 11.1. The van der Waals surface area contributed by atoms with Crippen LogP contribution in [0.25, 0.3) is 0 Å². The van der Waals surface area contributed by atoms with Gasteiger partial charge in [-0.25, -0.2) is 0 Å². The quantitative estimate of drug-likeness (QED) is 0.849. The van der Waals surface area contributed by atoms with Crippen molar-refractivity contribution >= 4 is 22.1 Å². The number of hydrogen-bond donors (Lipinski definition) is 1. The zero-order valence-electron chi connectivity index (χ0n) is 13.0. The standard InChI is InChI=1S/C10H13NO3S2.C7H8/c12-16(13,14)11-8-4-7-10(11)15-9-5-2-1-3-6-9;1-7-5-3-2-4-6-7/h1-3,5-6,10H,4,7-8H2,(H,12,13,14);2-6H,1H3. The Bertz CT molecular complexity index is 690. The maximum atomic E-state index is 11.1. The Labute approximate surface area is 142 Å². The highest BCUT2D eigenvalue weighted by Crippen LogP contribution is 2.34. The molecule has 0 aromatic heterocycles.